The number of nitrogens with one attached hydrogen (secondary N) is 1. The number of carbonyl (C=O) groups excluding carboxylic acids is 2. The van der Waals surface area contributed by atoms with Gasteiger partial charge in [0.2, 0.25) is 11.8 Å². The first-order chi connectivity index (χ1) is 18.1. The van der Waals surface area contributed by atoms with E-state index < -0.39 is 40.2 Å². The fraction of sp³-hybridized carbons (Fsp3) is 0.310. The molecule has 1 atom stereocenters. The molecule has 0 aliphatic rings. The second-order valence-electron chi connectivity index (χ2n) is 9.25. The van der Waals surface area contributed by atoms with Crippen LogP contribution in [-0.2, 0) is 26.2 Å². The minimum atomic E-state index is -4.14. The second-order valence-corrected chi connectivity index (χ2v) is 11.1. The number of carbonyl (C=O) groups is 2. The average Bonchev–Trinajstić information content (AvgIpc) is 2.91. The Morgan fingerprint density at radius 1 is 0.895 bits per heavy atom. The van der Waals surface area contributed by atoms with Gasteiger partial charge in [0.25, 0.3) is 10.0 Å². The van der Waals surface area contributed by atoms with Crippen molar-refractivity contribution in [2.45, 2.75) is 51.1 Å². The number of likely N-dealkylation sites (N-methyl/N-ethyl adjacent to an activating group) is 1. The molecular formula is C29H34FN3O4S. The smallest absolute Gasteiger partial charge is 0.264 e. The van der Waals surface area contributed by atoms with Gasteiger partial charge >= 0.3 is 0 Å². The maximum Gasteiger partial charge on any atom is 0.264 e. The highest BCUT2D eigenvalue weighted by Gasteiger charge is 2.32. The van der Waals surface area contributed by atoms with Gasteiger partial charge in [-0.25, -0.2) is 12.8 Å². The molecule has 0 fully saturated rings. The van der Waals surface area contributed by atoms with Crippen molar-refractivity contribution in [3.63, 3.8) is 0 Å². The quantitative estimate of drug-likeness (QED) is 0.383. The average molecular weight is 540 g/mol. The lowest BCUT2D eigenvalue weighted by atomic mass is 10.0. The second kappa shape index (κ2) is 12.7. The normalized spacial score (nSPS) is 12.2. The van der Waals surface area contributed by atoms with Crippen LogP contribution in [0, 0.1) is 5.82 Å². The maximum atomic E-state index is 14.5. The topological polar surface area (TPSA) is 86.8 Å². The number of sulfonamides is 1. The zero-order chi connectivity index (χ0) is 27.9. The lowest BCUT2D eigenvalue weighted by Gasteiger charge is -2.32. The molecule has 202 valence electrons. The Hall–Kier alpha value is -3.72. The van der Waals surface area contributed by atoms with Crippen molar-refractivity contribution in [1.82, 2.24) is 10.2 Å². The van der Waals surface area contributed by atoms with Gasteiger partial charge in [-0.05, 0) is 55.7 Å². The van der Waals surface area contributed by atoms with Crippen molar-refractivity contribution in [3.05, 3.63) is 95.8 Å². The zero-order valence-electron chi connectivity index (χ0n) is 22.1. The molecule has 3 aromatic rings. The van der Waals surface area contributed by atoms with Crippen molar-refractivity contribution in [2.24, 2.45) is 0 Å². The molecule has 0 aliphatic carbocycles. The van der Waals surface area contributed by atoms with Crippen molar-refractivity contribution in [3.8, 4) is 0 Å². The van der Waals surface area contributed by atoms with Gasteiger partial charge in [-0.3, -0.25) is 13.9 Å². The van der Waals surface area contributed by atoms with Crippen molar-refractivity contribution >= 4 is 27.5 Å². The molecular weight excluding hydrogens is 505 g/mol. The maximum absolute atomic E-state index is 14.5. The van der Waals surface area contributed by atoms with Crippen LogP contribution in [0.5, 0.6) is 0 Å². The zero-order valence-corrected chi connectivity index (χ0v) is 22.9. The molecule has 0 bridgehead atoms. The van der Waals surface area contributed by atoms with E-state index in [9.17, 15) is 22.4 Å². The number of nitrogens with zero attached hydrogens (tertiary/aromatic N) is 2. The molecule has 2 amide bonds. The van der Waals surface area contributed by atoms with Crippen LogP contribution in [0.3, 0.4) is 0 Å². The molecule has 3 rings (SSSR count). The van der Waals surface area contributed by atoms with Gasteiger partial charge < -0.3 is 10.2 Å². The van der Waals surface area contributed by atoms with Gasteiger partial charge in [0.05, 0.1) is 10.6 Å². The monoisotopic (exact) mass is 539 g/mol. The van der Waals surface area contributed by atoms with E-state index in [1.165, 1.54) is 42.2 Å². The van der Waals surface area contributed by atoms with Crippen molar-refractivity contribution in [2.75, 3.05) is 17.4 Å². The summed E-state index contributed by atoms with van der Waals surface area (Å²) in [4.78, 5) is 27.7. The minimum absolute atomic E-state index is 0.0261. The van der Waals surface area contributed by atoms with E-state index in [-0.39, 0.29) is 22.9 Å². The number of halogens is 1. The molecule has 0 spiro atoms. The SMILES string of the molecule is CCNC(=O)[C@@H](C)N(Cc1ccccc1F)C(=O)CN(c1ccc(C(C)C)cc1)S(=O)(=O)c1ccccc1. The highest BCUT2D eigenvalue weighted by Crippen LogP contribution is 2.26. The molecule has 0 heterocycles. The van der Waals surface area contributed by atoms with Crippen LogP contribution in [0.1, 0.15) is 44.7 Å². The van der Waals surface area contributed by atoms with E-state index in [2.05, 4.69) is 5.32 Å². The Bertz CT molecular complexity index is 1350. The van der Waals surface area contributed by atoms with E-state index in [1.807, 2.05) is 26.0 Å². The predicted molar refractivity (Wildman–Crippen MR) is 147 cm³/mol. The van der Waals surface area contributed by atoms with Crippen LogP contribution in [0.25, 0.3) is 0 Å². The fourth-order valence-corrected chi connectivity index (χ4v) is 5.42. The molecule has 0 saturated heterocycles. The van der Waals surface area contributed by atoms with E-state index in [0.717, 1.165) is 9.87 Å². The summed E-state index contributed by atoms with van der Waals surface area (Å²) in [5, 5.41) is 2.68. The largest absolute Gasteiger partial charge is 0.355 e. The van der Waals surface area contributed by atoms with Crippen LogP contribution < -0.4 is 9.62 Å². The first-order valence-electron chi connectivity index (χ1n) is 12.5. The summed E-state index contributed by atoms with van der Waals surface area (Å²) < 4.78 is 43.0. The Balaban J connectivity index is 2.04. The summed E-state index contributed by atoms with van der Waals surface area (Å²) >= 11 is 0. The molecule has 7 nitrogen and oxygen atoms in total. The molecule has 38 heavy (non-hydrogen) atoms. The lowest BCUT2D eigenvalue weighted by molar-refractivity contribution is -0.139. The number of rotatable bonds is 11. The molecule has 9 heteroatoms. The van der Waals surface area contributed by atoms with Gasteiger partial charge in [0.15, 0.2) is 0 Å². The standard InChI is InChI=1S/C29H34FN3O4S/c1-5-31-29(35)22(4)32(19-24-11-9-10-14-27(24)30)28(34)20-33(25-17-15-23(16-18-25)21(2)3)38(36,37)26-12-7-6-8-13-26/h6-18,21-22H,5,19-20H2,1-4H3,(H,31,35)/t22-/m1/s1. The van der Waals surface area contributed by atoms with Crippen LogP contribution in [-0.4, -0.2) is 44.3 Å². The summed E-state index contributed by atoms with van der Waals surface area (Å²) in [5.41, 5.74) is 1.54. The van der Waals surface area contributed by atoms with Crippen LogP contribution in [0.4, 0.5) is 10.1 Å². The van der Waals surface area contributed by atoms with Gasteiger partial charge in [0.1, 0.15) is 18.4 Å². The number of amides is 2. The lowest BCUT2D eigenvalue weighted by Crippen LogP contribution is -2.51. The van der Waals surface area contributed by atoms with Crippen molar-refractivity contribution < 1.29 is 22.4 Å². The van der Waals surface area contributed by atoms with Crippen LogP contribution in [0.15, 0.2) is 83.8 Å². The van der Waals surface area contributed by atoms with E-state index in [0.29, 0.717) is 12.2 Å². The van der Waals surface area contributed by atoms with Gasteiger partial charge in [-0.2, -0.15) is 0 Å². The number of benzene rings is 3. The summed E-state index contributed by atoms with van der Waals surface area (Å²) in [7, 11) is -4.14. The Labute approximate surface area is 224 Å². The van der Waals surface area contributed by atoms with E-state index >= 15 is 0 Å². The van der Waals surface area contributed by atoms with E-state index in [4.69, 9.17) is 0 Å². The molecule has 0 aliphatic heterocycles. The summed E-state index contributed by atoms with van der Waals surface area (Å²) in [6.07, 6.45) is 0. The Kier molecular flexibility index (Phi) is 9.63. The van der Waals surface area contributed by atoms with Gasteiger partial charge in [-0.15, -0.1) is 0 Å². The van der Waals surface area contributed by atoms with Crippen LogP contribution >= 0.6 is 0 Å². The summed E-state index contributed by atoms with van der Waals surface area (Å²) in [6, 6.07) is 19.8. The number of hydrogen-bond acceptors (Lipinski definition) is 4. The Morgan fingerprint density at radius 2 is 1.50 bits per heavy atom. The van der Waals surface area contributed by atoms with Crippen LogP contribution in [0.2, 0.25) is 0 Å². The summed E-state index contributed by atoms with van der Waals surface area (Å²) in [6.45, 7) is 6.92. The third-order valence-corrected chi connectivity index (χ3v) is 8.06. The fourth-order valence-electron chi connectivity index (χ4n) is 3.99. The molecule has 0 radical (unpaired) electrons. The van der Waals surface area contributed by atoms with Gasteiger partial charge in [0, 0.05) is 18.7 Å². The number of hydrogen-bond donors (Lipinski definition) is 1. The third kappa shape index (κ3) is 6.77. The first kappa shape index (κ1) is 28.8. The molecule has 0 unspecified atom stereocenters. The third-order valence-electron chi connectivity index (χ3n) is 6.27. The predicted octanol–water partition coefficient (Wildman–Crippen LogP) is 4.70. The highest BCUT2D eigenvalue weighted by atomic mass is 32.2. The van der Waals surface area contributed by atoms with Gasteiger partial charge in [-0.1, -0.05) is 62.4 Å². The number of anilines is 1. The molecule has 1 N–H and O–H groups in total. The highest BCUT2D eigenvalue weighted by molar-refractivity contribution is 7.92. The van der Waals surface area contributed by atoms with E-state index in [1.54, 1.807) is 43.3 Å². The molecule has 0 aromatic heterocycles. The molecule has 3 aromatic carbocycles. The molecule has 0 saturated carbocycles. The first-order valence-corrected chi connectivity index (χ1v) is 14.0. The minimum Gasteiger partial charge on any atom is -0.355 e. The Morgan fingerprint density at radius 3 is 2.08 bits per heavy atom. The van der Waals surface area contributed by atoms with Crippen molar-refractivity contribution in [1.29, 1.82) is 0 Å². The summed E-state index contributed by atoms with van der Waals surface area (Å²) in [5.74, 6) is -1.35.